The standard InChI is InChI=1S/C26H48N4O2.C25H46N4O2.2C23H40N4O2/c1-7-31-19-26(20-32-8-2)11-9-21(10-12-26)24-22(18-29(6)16-14-27-5)28-30-15-13-25(3,4)17-23(24)30;1-6-30-18-25(19-31-7-2)11-8-21(9-12-25)24-22(17-28(5)15-13-26-4)27-29-14-10-20(3)16-23(24)29;2*1-22(2)9-10-23(29-17-22)7-5-18(6-8-23)21-19(15-26(4)12-11-24-3)25-27-13-14-28-16-20(21)27/h21,27H,7-20H2,1-6H3;20-21,26H,6-19H2,1-5H3;2*18,24H,5-17H2,1-4H3. The van der Waals surface area contributed by atoms with Crippen molar-refractivity contribution in [2.24, 2.45) is 33.0 Å². The van der Waals surface area contributed by atoms with Crippen molar-refractivity contribution in [2.45, 2.75) is 331 Å². The Balaban J connectivity index is 0.000000158. The quantitative estimate of drug-likeness (QED) is 0.0334. The first kappa shape index (κ1) is 97.8. The van der Waals surface area contributed by atoms with Gasteiger partial charge in [-0.1, -0.05) is 48.5 Å². The lowest BCUT2D eigenvalue weighted by Gasteiger charge is -2.47. The van der Waals surface area contributed by atoms with Crippen LogP contribution in [0.2, 0.25) is 0 Å². The molecule has 2 saturated heterocycles. The fraction of sp³-hybridized carbons (Fsp3) is 0.876. The fourth-order valence-electron chi connectivity index (χ4n) is 21.7. The van der Waals surface area contributed by atoms with Crippen LogP contribution in [0.25, 0.3) is 0 Å². The molecule has 2 spiro atoms. The molecule has 10 aliphatic rings. The van der Waals surface area contributed by atoms with Gasteiger partial charge in [0.25, 0.3) is 0 Å². The maximum absolute atomic E-state index is 6.48. The van der Waals surface area contributed by atoms with Gasteiger partial charge in [0.1, 0.15) is 0 Å². The maximum atomic E-state index is 6.48. The normalized spacial score (nSPS) is 24.2. The summed E-state index contributed by atoms with van der Waals surface area (Å²) in [7, 11) is 16.9. The molecule has 4 saturated carbocycles. The van der Waals surface area contributed by atoms with Crippen molar-refractivity contribution in [2.75, 3.05) is 188 Å². The Morgan fingerprint density at radius 1 is 0.372 bits per heavy atom. The lowest BCUT2D eigenvalue weighted by Crippen LogP contribution is -2.44. The van der Waals surface area contributed by atoms with E-state index in [9.17, 15) is 0 Å². The average Bonchev–Trinajstić information content (AvgIpc) is 1.54. The minimum absolute atomic E-state index is 0.138. The van der Waals surface area contributed by atoms with Gasteiger partial charge >= 0.3 is 0 Å². The highest BCUT2D eigenvalue weighted by atomic mass is 16.5. The zero-order chi connectivity index (χ0) is 86.4. The van der Waals surface area contributed by atoms with Gasteiger partial charge in [-0.15, -0.1) is 0 Å². The number of rotatable bonds is 36. The molecule has 4 aromatic rings. The predicted molar refractivity (Wildman–Crippen MR) is 488 cm³/mol. The van der Waals surface area contributed by atoms with E-state index < -0.39 is 0 Å². The summed E-state index contributed by atoms with van der Waals surface area (Å²) < 4.78 is 57.4. The summed E-state index contributed by atoms with van der Waals surface area (Å²) in [4.78, 5) is 9.59. The van der Waals surface area contributed by atoms with Gasteiger partial charge in [-0.25, -0.2) is 0 Å². The van der Waals surface area contributed by atoms with Crippen molar-refractivity contribution in [3.8, 4) is 0 Å². The monoisotopic (exact) mass is 1690 g/mol. The van der Waals surface area contributed by atoms with E-state index in [1.807, 2.05) is 28.2 Å². The molecule has 14 rings (SSSR count). The van der Waals surface area contributed by atoms with Crippen LogP contribution in [-0.2, 0) is 116 Å². The minimum Gasteiger partial charge on any atom is -0.381 e. The minimum atomic E-state index is 0.138. The second-order valence-corrected chi connectivity index (χ2v) is 41.7. The summed E-state index contributed by atoms with van der Waals surface area (Å²) in [5.74, 6) is 3.18. The van der Waals surface area contributed by atoms with Crippen LogP contribution in [0.4, 0.5) is 0 Å². The number of ether oxygens (including phenoxy) is 8. The van der Waals surface area contributed by atoms with Crippen LogP contribution in [0.5, 0.6) is 0 Å². The van der Waals surface area contributed by atoms with Crippen LogP contribution in [0, 0.1) is 33.0 Å². The van der Waals surface area contributed by atoms with Crippen molar-refractivity contribution in [3.05, 3.63) is 67.8 Å². The van der Waals surface area contributed by atoms with Crippen molar-refractivity contribution < 1.29 is 37.9 Å². The van der Waals surface area contributed by atoms with E-state index in [1.54, 1.807) is 11.1 Å². The maximum Gasteiger partial charge on any atom is 0.0888 e. The lowest BCUT2D eigenvalue weighted by molar-refractivity contribution is -0.142. The first-order valence-electron chi connectivity index (χ1n) is 48.6. The van der Waals surface area contributed by atoms with E-state index in [4.69, 9.17) is 58.3 Å². The molecule has 4 aliphatic carbocycles. The summed E-state index contributed by atoms with van der Waals surface area (Å²) in [5, 5.41) is 33.4. The summed E-state index contributed by atoms with van der Waals surface area (Å²) >= 11 is 0. The van der Waals surface area contributed by atoms with Crippen molar-refractivity contribution >= 4 is 0 Å². The van der Waals surface area contributed by atoms with Gasteiger partial charge in [-0.3, -0.25) is 38.3 Å². The Morgan fingerprint density at radius 2 is 0.686 bits per heavy atom. The Hall–Kier alpha value is -3.80. The molecule has 690 valence electrons. The highest BCUT2D eigenvalue weighted by molar-refractivity contribution is 5.36. The summed E-state index contributed by atoms with van der Waals surface area (Å²) in [6, 6.07) is 0. The number of nitrogens with one attached hydrogen (secondary N) is 4. The SMILES string of the molecule is CCOCC1(COCC)CCC(c2c(CN(C)CCNC)nn3c2CC(C)(C)CC3)CC1.CCOCC1(COCC)CCC(c2c(CN(C)CCNC)nn3c2CC(C)CC3)CC1.CNCCN(C)Cc1nn2c(c1C1CCC3(CC1)CCC(C)(C)CO3)COCC2.CNCCN(C)Cc1nn2c(c1C1CCC3(CC1)CCC(C)(C)CO3)COCC2. The second kappa shape index (κ2) is 45.9. The number of aromatic nitrogens is 8. The first-order chi connectivity index (χ1) is 58.2. The van der Waals surface area contributed by atoms with Crippen LogP contribution in [0.15, 0.2) is 0 Å². The van der Waals surface area contributed by atoms with E-state index in [0.29, 0.717) is 39.9 Å². The van der Waals surface area contributed by atoms with Gasteiger partial charge in [-0.05, 0) is 284 Å². The molecule has 1 unspecified atom stereocenters. The Bertz CT molecular complexity index is 3540. The third-order valence-electron chi connectivity index (χ3n) is 29.8. The van der Waals surface area contributed by atoms with Gasteiger partial charge in [0.2, 0.25) is 0 Å². The van der Waals surface area contributed by atoms with Crippen LogP contribution in [0.3, 0.4) is 0 Å². The van der Waals surface area contributed by atoms with Gasteiger partial charge in [0.05, 0.1) is 125 Å². The molecule has 1 atom stereocenters. The zero-order valence-corrected chi connectivity index (χ0v) is 80.2. The van der Waals surface area contributed by atoms with Crippen molar-refractivity contribution in [3.63, 3.8) is 0 Å². The topological polar surface area (TPSA) is 206 Å². The van der Waals surface area contributed by atoms with Gasteiger partial charge in [-0.2, -0.15) is 20.4 Å². The number of hydrogen-bond acceptors (Lipinski definition) is 20. The number of fused-ring (bicyclic) bond motifs is 4. The Kier molecular flexibility index (Phi) is 37.1. The Labute approximate surface area is 733 Å². The molecule has 10 heterocycles. The molecular weight excluding hydrogens is 1520 g/mol. The molecule has 4 aromatic heterocycles. The second-order valence-electron chi connectivity index (χ2n) is 41.7. The molecule has 0 bridgehead atoms. The van der Waals surface area contributed by atoms with Crippen LogP contribution >= 0.6 is 0 Å². The molecule has 0 amide bonds. The number of likely N-dealkylation sites (N-methyl/N-ethyl adjacent to an activating group) is 8. The lowest BCUT2D eigenvalue weighted by atomic mass is 9.68. The smallest absolute Gasteiger partial charge is 0.0888 e. The van der Waals surface area contributed by atoms with Gasteiger partial charge < -0.3 is 59.2 Å². The largest absolute Gasteiger partial charge is 0.381 e. The zero-order valence-electron chi connectivity index (χ0n) is 80.2. The van der Waals surface area contributed by atoms with Gasteiger partial charge in [0.15, 0.2) is 0 Å². The van der Waals surface area contributed by atoms with Crippen LogP contribution < -0.4 is 21.3 Å². The first-order valence-corrected chi connectivity index (χ1v) is 48.6. The summed E-state index contributed by atoms with van der Waals surface area (Å²) in [6.45, 7) is 52.1. The highest BCUT2D eigenvalue weighted by Crippen LogP contribution is 2.53. The molecular formula is C97H174N16O8. The molecule has 0 aromatic carbocycles. The van der Waals surface area contributed by atoms with E-state index in [1.165, 1.54) is 204 Å². The molecule has 24 nitrogen and oxygen atoms in total. The van der Waals surface area contributed by atoms with Crippen LogP contribution in [0.1, 0.15) is 309 Å². The Morgan fingerprint density at radius 3 is 1.01 bits per heavy atom. The number of aryl methyl sites for hydroxylation is 2. The average molecular weight is 1690 g/mol. The predicted octanol–water partition coefficient (Wildman–Crippen LogP) is 14.7. The van der Waals surface area contributed by atoms with Crippen molar-refractivity contribution in [1.82, 2.24) is 80.0 Å². The molecule has 4 N–H and O–H groups in total. The summed E-state index contributed by atoms with van der Waals surface area (Å²) in [5.41, 5.74) is 18.8. The van der Waals surface area contributed by atoms with E-state index >= 15 is 0 Å². The third-order valence-corrected chi connectivity index (χ3v) is 29.8. The van der Waals surface area contributed by atoms with Crippen LogP contribution in [-0.4, -0.2) is 258 Å². The van der Waals surface area contributed by atoms with E-state index in [0.717, 1.165) is 210 Å². The molecule has 6 aliphatic heterocycles. The fourth-order valence-corrected chi connectivity index (χ4v) is 21.7. The van der Waals surface area contributed by atoms with Crippen molar-refractivity contribution in [1.29, 1.82) is 0 Å². The summed E-state index contributed by atoms with van der Waals surface area (Å²) in [6.07, 6.45) is 29.0. The molecule has 6 fully saturated rings. The van der Waals surface area contributed by atoms with Gasteiger partial charge in [0, 0.05) is 163 Å². The molecule has 121 heavy (non-hydrogen) atoms. The number of hydrogen-bond donors (Lipinski definition) is 4. The molecule has 0 radical (unpaired) electrons. The molecule has 24 heteroatoms. The number of nitrogens with zero attached hydrogens (tertiary/aromatic N) is 12. The highest BCUT2D eigenvalue weighted by Gasteiger charge is 2.47. The van der Waals surface area contributed by atoms with E-state index in [2.05, 4.69) is 164 Å². The third kappa shape index (κ3) is 26.7. The van der Waals surface area contributed by atoms with E-state index in [-0.39, 0.29) is 22.0 Å².